The average Bonchev–Trinajstić information content (AvgIpc) is 2.20. The van der Waals surface area contributed by atoms with Crippen molar-refractivity contribution in [3.05, 3.63) is 35.6 Å². The molecule has 4 N–H and O–H groups in total. The molecule has 1 unspecified atom stereocenters. The highest BCUT2D eigenvalue weighted by atomic mass is 19.1. The lowest BCUT2D eigenvalue weighted by Crippen LogP contribution is -2.34. The molecule has 1 rings (SSSR count). The Hall–Kier alpha value is -0.970. The van der Waals surface area contributed by atoms with E-state index in [9.17, 15) is 4.39 Å². The average molecular weight is 198 g/mol. The van der Waals surface area contributed by atoms with Crippen LogP contribution in [0.15, 0.2) is 24.3 Å². The zero-order valence-electron chi connectivity index (χ0n) is 7.95. The van der Waals surface area contributed by atoms with E-state index in [4.69, 9.17) is 16.2 Å². The van der Waals surface area contributed by atoms with Crippen molar-refractivity contribution < 1.29 is 9.13 Å². The molecule has 78 valence electrons. The Morgan fingerprint density at radius 2 is 2.07 bits per heavy atom. The molecule has 0 heterocycles. The van der Waals surface area contributed by atoms with Crippen LogP contribution in [0.2, 0.25) is 0 Å². The highest BCUT2D eigenvalue weighted by Gasteiger charge is 2.02. The highest BCUT2D eigenvalue weighted by molar-refractivity contribution is 5.16. The van der Waals surface area contributed by atoms with Gasteiger partial charge in [0, 0.05) is 18.2 Å². The molecule has 0 amide bonds. The molecule has 4 heteroatoms. The van der Waals surface area contributed by atoms with Gasteiger partial charge in [0.25, 0.3) is 0 Å². The van der Waals surface area contributed by atoms with Crippen LogP contribution in [0.25, 0.3) is 0 Å². The number of hydrogen-bond acceptors (Lipinski definition) is 3. The Morgan fingerprint density at radius 3 is 2.71 bits per heavy atom. The number of hydrogen-bond donors (Lipinski definition) is 2. The Kier molecular flexibility index (Phi) is 4.52. The van der Waals surface area contributed by atoms with Crippen LogP contribution in [0.5, 0.6) is 0 Å². The van der Waals surface area contributed by atoms with Crippen molar-refractivity contribution in [2.45, 2.75) is 12.6 Å². The number of rotatable bonds is 5. The molecule has 14 heavy (non-hydrogen) atoms. The van der Waals surface area contributed by atoms with Gasteiger partial charge < -0.3 is 16.2 Å². The summed E-state index contributed by atoms with van der Waals surface area (Å²) in [6.45, 7) is 0.961. The molecule has 0 saturated carbocycles. The molecule has 0 aliphatic rings. The van der Waals surface area contributed by atoms with Crippen molar-refractivity contribution in [1.82, 2.24) is 0 Å². The van der Waals surface area contributed by atoms with Gasteiger partial charge in [0.2, 0.25) is 0 Å². The summed E-state index contributed by atoms with van der Waals surface area (Å²) in [6, 6.07) is 6.32. The summed E-state index contributed by atoms with van der Waals surface area (Å²) in [6.07, 6.45) is 0. The number of nitrogens with two attached hydrogens (primary N) is 2. The summed E-state index contributed by atoms with van der Waals surface area (Å²) in [7, 11) is 0. The van der Waals surface area contributed by atoms with E-state index >= 15 is 0 Å². The standard InChI is InChI=1S/C10H15FN2O/c11-10-4-2-1-3-8(10)6-14-7-9(13)5-12/h1-4,9H,5-7,12-13H2. The fourth-order valence-corrected chi connectivity index (χ4v) is 1.00. The maximum atomic E-state index is 13.1. The second-order valence-corrected chi connectivity index (χ2v) is 3.10. The van der Waals surface area contributed by atoms with Crippen molar-refractivity contribution in [2.75, 3.05) is 13.2 Å². The Balaban J connectivity index is 2.35. The van der Waals surface area contributed by atoms with Crippen molar-refractivity contribution in [1.29, 1.82) is 0 Å². The van der Waals surface area contributed by atoms with Crippen LogP contribution in [-0.2, 0) is 11.3 Å². The van der Waals surface area contributed by atoms with Gasteiger partial charge in [-0.15, -0.1) is 0 Å². The van der Waals surface area contributed by atoms with E-state index in [1.54, 1.807) is 18.2 Å². The van der Waals surface area contributed by atoms with Gasteiger partial charge >= 0.3 is 0 Å². The molecule has 0 aliphatic heterocycles. The number of halogens is 1. The van der Waals surface area contributed by atoms with Crippen LogP contribution in [0.1, 0.15) is 5.56 Å². The number of ether oxygens (including phenoxy) is 1. The first-order valence-corrected chi connectivity index (χ1v) is 4.51. The van der Waals surface area contributed by atoms with E-state index in [0.717, 1.165) is 0 Å². The lowest BCUT2D eigenvalue weighted by molar-refractivity contribution is 0.107. The molecule has 1 atom stereocenters. The van der Waals surface area contributed by atoms with Gasteiger partial charge in [-0.2, -0.15) is 0 Å². The van der Waals surface area contributed by atoms with Crippen molar-refractivity contribution >= 4 is 0 Å². The minimum atomic E-state index is -0.256. The highest BCUT2D eigenvalue weighted by Crippen LogP contribution is 2.07. The molecule has 0 spiro atoms. The monoisotopic (exact) mass is 198 g/mol. The smallest absolute Gasteiger partial charge is 0.128 e. The van der Waals surface area contributed by atoms with Gasteiger partial charge in [0.1, 0.15) is 5.82 Å². The Labute approximate surface area is 82.9 Å². The molecule has 0 bridgehead atoms. The van der Waals surface area contributed by atoms with Crippen LogP contribution in [0.3, 0.4) is 0 Å². The summed E-state index contributed by atoms with van der Waals surface area (Å²) in [5, 5.41) is 0. The van der Waals surface area contributed by atoms with Crippen molar-refractivity contribution in [3.8, 4) is 0 Å². The number of benzene rings is 1. The van der Waals surface area contributed by atoms with Crippen LogP contribution in [0.4, 0.5) is 4.39 Å². The van der Waals surface area contributed by atoms with Gasteiger partial charge in [0.05, 0.1) is 13.2 Å². The second-order valence-electron chi connectivity index (χ2n) is 3.10. The molecule has 0 radical (unpaired) electrons. The zero-order chi connectivity index (χ0) is 10.4. The van der Waals surface area contributed by atoms with E-state index in [-0.39, 0.29) is 18.5 Å². The van der Waals surface area contributed by atoms with Gasteiger partial charge in [0.15, 0.2) is 0 Å². The van der Waals surface area contributed by atoms with E-state index in [1.165, 1.54) is 6.07 Å². The van der Waals surface area contributed by atoms with Gasteiger partial charge in [-0.05, 0) is 6.07 Å². The molecule has 0 fully saturated rings. The first kappa shape index (κ1) is 11.1. The molecule has 1 aromatic carbocycles. The third-order valence-corrected chi connectivity index (χ3v) is 1.85. The van der Waals surface area contributed by atoms with Gasteiger partial charge in [-0.1, -0.05) is 18.2 Å². The first-order valence-electron chi connectivity index (χ1n) is 4.51. The maximum absolute atomic E-state index is 13.1. The van der Waals surface area contributed by atoms with Crippen LogP contribution in [0, 0.1) is 5.82 Å². The molecule has 0 aromatic heterocycles. The van der Waals surface area contributed by atoms with Gasteiger partial charge in [-0.3, -0.25) is 0 Å². The van der Waals surface area contributed by atoms with E-state index in [0.29, 0.717) is 18.7 Å². The lowest BCUT2D eigenvalue weighted by atomic mass is 10.2. The predicted molar refractivity (Wildman–Crippen MR) is 53.1 cm³/mol. The molecule has 1 aromatic rings. The van der Waals surface area contributed by atoms with Crippen LogP contribution >= 0.6 is 0 Å². The molecular weight excluding hydrogens is 183 g/mol. The largest absolute Gasteiger partial charge is 0.375 e. The van der Waals surface area contributed by atoms with E-state index in [1.807, 2.05) is 0 Å². The van der Waals surface area contributed by atoms with Crippen molar-refractivity contribution in [2.24, 2.45) is 11.5 Å². The maximum Gasteiger partial charge on any atom is 0.128 e. The fraction of sp³-hybridized carbons (Fsp3) is 0.400. The third-order valence-electron chi connectivity index (χ3n) is 1.85. The zero-order valence-corrected chi connectivity index (χ0v) is 7.95. The molecule has 3 nitrogen and oxygen atoms in total. The third kappa shape index (κ3) is 3.41. The Bertz CT molecular complexity index is 281. The van der Waals surface area contributed by atoms with E-state index < -0.39 is 0 Å². The molecule has 0 aliphatic carbocycles. The normalized spacial score (nSPS) is 12.8. The predicted octanol–water partition coefficient (Wildman–Crippen LogP) is 0.628. The topological polar surface area (TPSA) is 61.3 Å². The quantitative estimate of drug-likeness (QED) is 0.729. The summed E-state index contributed by atoms with van der Waals surface area (Å²) < 4.78 is 18.3. The van der Waals surface area contributed by atoms with Crippen LogP contribution < -0.4 is 11.5 Å². The van der Waals surface area contributed by atoms with Crippen LogP contribution in [-0.4, -0.2) is 19.2 Å². The first-order chi connectivity index (χ1) is 6.74. The van der Waals surface area contributed by atoms with Gasteiger partial charge in [-0.25, -0.2) is 4.39 Å². The minimum Gasteiger partial charge on any atom is -0.375 e. The summed E-state index contributed by atoms with van der Waals surface area (Å²) >= 11 is 0. The van der Waals surface area contributed by atoms with Crippen molar-refractivity contribution in [3.63, 3.8) is 0 Å². The van der Waals surface area contributed by atoms with E-state index in [2.05, 4.69) is 0 Å². The summed E-state index contributed by atoms with van der Waals surface area (Å²) in [5.74, 6) is -0.256. The second kappa shape index (κ2) is 5.70. The summed E-state index contributed by atoms with van der Waals surface area (Å²) in [5.41, 5.74) is 11.4. The molecule has 0 saturated heterocycles. The molecular formula is C10H15FN2O. The SMILES string of the molecule is NCC(N)COCc1ccccc1F. The summed E-state index contributed by atoms with van der Waals surface area (Å²) in [4.78, 5) is 0. The Morgan fingerprint density at radius 1 is 1.36 bits per heavy atom. The lowest BCUT2D eigenvalue weighted by Gasteiger charge is -2.09. The fourth-order valence-electron chi connectivity index (χ4n) is 1.00. The minimum absolute atomic E-state index is 0.179.